The van der Waals surface area contributed by atoms with Gasteiger partial charge < -0.3 is 10.5 Å². The average molecular weight is 264 g/mol. The van der Waals surface area contributed by atoms with E-state index >= 15 is 0 Å². The van der Waals surface area contributed by atoms with E-state index in [1.807, 2.05) is 0 Å². The second kappa shape index (κ2) is 6.32. The van der Waals surface area contributed by atoms with E-state index in [0.717, 1.165) is 25.7 Å². The first kappa shape index (κ1) is 14.4. The third-order valence-electron chi connectivity index (χ3n) is 2.95. The van der Waals surface area contributed by atoms with Crippen LogP contribution in [0.1, 0.15) is 32.1 Å². The van der Waals surface area contributed by atoms with Crippen molar-refractivity contribution in [2.45, 2.75) is 44.2 Å². The molecule has 1 rings (SSSR count). The van der Waals surface area contributed by atoms with Crippen LogP contribution in [0.4, 0.5) is 0 Å². The molecule has 17 heavy (non-hydrogen) atoms. The molecule has 6 nitrogen and oxygen atoms in total. The third-order valence-corrected chi connectivity index (χ3v) is 4.36. The molecule has 0 aromatic heterocycles. The van der Waals surface area contributed by atoms with Crippen LogP contribution < -0.4 is 10.5 Å². The van der Waals surface area contributed by atoms with Crippen LogP contribution in [0, 0.1) is 0 Å². The molecule has 2 atom stereocenters. The Hall–Kier alpha value is -0.660. The molecule has 0 heterocycles. The van der Waals surface area contributed by atoms with Gasteiger partial charge in [0.1, 0.15) is 0 Å². The number of sulfonamides is 1. The molecule has 0 spiro atoms. The monoisotopic (exact) mass is 264 g/mol. The smallest absolute Gasteiger partial charge is 0.306 e. The molecule has 7 heteroatoms. The van der Waals surface area contributed by atoms with Gasteiger partial charge in [-0.2, -0.15) is 0 Å². The molecule has 0 unspecified atom stereocenters. The van der Waals surface area contributed by atoms with Crippen molar-refractivity contribution in [2.75, 3.05) is 12.9 Å². The van der Waals surface area contributed by atoms with Crippen molar-refractivity contribution < 1.29 is 17.9 Å². The highest BCUT2D eigenvalue weighted by atomic mass is 32.2. The molecular formula is C10H20N2O4S. The second-order valence-electron chi connectivity index (χ2n) is 4.32. The summed E-state index contributed by atoms with van der Waals surface area (Å²) in [5.41, 5.74) is 5.85. The number of methoxy groups -OCH3 is 1. The van der Waals surface area contributed by atoms with Crippen molar-refractivity contribution in [2.24, 2.45) is 5.73 Å². The molecule has 0 bridgehead atoms. The Morgan fingerprint density at radius 2 is 2.06 bits per heavy atom. The van der Waals surface area contributed by atoms with Gasteiger partial charge in [0.05, 0.1) is 19.3 Å². The van der Waals surface area contributed by atoms with E-state index in [9.17, 15) is 13.2 Å². The molecule has 0 aromatic carbocycles. The number of hydrogen-bond donors (Lipinski definition) is 2. The highest BCUT2D eigenvalue weighted by Crippen LogP contribution is 2.17. The summed E-state index contributed by atoms with van der Waals surface area (Å²) in [6, 6.07) is -0.331. The molecule has 0 aliphatic heterocycles. The number of carbonyl (C=O) groups is 1. The predicted molar refractivity (Wildman–Crippen MR) is 63.8 cm³/mol. The number of rotatable bonds is 5. The van der Waals surface area contributed by atoms with E-state index in [1.165, 1.54) is 7.11 Å². The van der Waals surface area contributed by atoms with Crippen molar-refractivity contribution >= 4 is 16.0 Å². The van der Waals surface area contributed by atoms with Crippen molar-refractivity contribution in [1.82, 2.24) is 4.72 Å². The fourth-order valence-electron chi connectivity index (χ4n) is 1.92. The van der Waals surface area contributed by atoms with Gasteiger partial charge in [0.2, 0.25) is 10.0 Å². The summed E-state index contributed by atoms with van der Waals surface area (Å²) < 4.78 is 30.3. The highest BCUT2D eigenvalue weighted by Gasteiger charge is 2.26. The lowest BCUT2D eigenvalue weighted by atomic mass is 9.92. The van der Waals surface area contributed by atoms with Gasteiger partial charge in [-0.1, -0.05) is 12.8 Å². The molecule has 0 aromatic rings. The first-order chi connectivity index (χ1) is 7.94. The summed E-state index contributed by atoms with van der Waals surface area (Å²) in [4.78, 5) is 10.9. The van der Waals surface area contributed by atoms with Crippen molar-refractivity contribution in [3.05, 3.63) is 0 Å². The Bertz CT molecular complexity index is 355. The summed E-state index contributed by atoms with van der Waals surface area (Å²) in [6.07, 6.45) is 3.50. The van der Waals surface area contributed by atoms with E-state index in [1.54, 1.807) is 0 Å². The number of carbonyl (C=O) groups excluding carboxylic acids is 1. The van der Waals surface area contributed by atoms with E-state index < -0.39 is 16.0 Å². The van der Waals surface area contributed by atoms with Crippen molar-refractivity contribution in [3.8, 4) is 0 Å². The van der Waals surface area contributed by atoms with Crippen LogP contribution in [-0.2, 0) is 19.6 Å². The number of nitrogens with two attached hydrogens (primary N) is 1. The lowest BCUT2D eigenvalue weighted by Gasteiger charge is -2.28. The summed E-state index contributed by atoms with van der Waals surface area (Å²) in [5, 5.41) is 0. The van der Waals surface area contributed by atoms with Crippen molar-refractivity contribution in [1.29, 1.82) is 0 Å². The molecular weight excluding hydrogens is 244 g/mol. The summed E-state index contributed by atoms with van der Waals surface area (Å²) in [5.74, 6) is -0.772. The molecule has 1 fully saturated rings. The topological polar surface area (TPSA) is 98.5 Å². The first-order valence-corrected chi connectivity index (χ1v) is 7.42. The lowest BCUT2D eigenvalue weighted by Crippen LogP contribution is -2.49. The van der Waals surface area contributed by atoms with Gasteiger partial charge in [0, 0.05) is 12.1 Å². The largest absolute Gasteiger partial charge is 0.469 e. The van der Waals surface area contributed by atoms with Gasteiger partial charge in [-0.05, 0) is 12.8 Å². The molecule has 0 radical (unpaired) electrons. The maximum Gasteiger partial charge on any atom is 0.306 e. The van der Waals surface area contributed by atoms with E-state index in [0.29, 0.717) is 0 Å². The molecule has 3 N–H and O–H groups in total. The molecule has 100 valence electrons. The summed E-state index contributed by atoms with van der Waals surface area (Å²) >= 11 is 0. The van der Waals surface area contributed by atoms with Crippen LogP contribution in [0.3, 0.4) is 0 Å². The fraction of sp³-hybridized carbons (Fsp3) is 0.900. The zero-order valence-corrected chi connectivity index (χ0v) is 10.8. The van der Waals surface area contributed by atoms with Gasteiger partial charge in [-0.25, -0.2) is 13.1 Å². The first-order valence-electron chi connectivity index (χ1n) is 5.77. The van der Waals surface area contributed by atoms with Gasteiger partial charge >= 0.3 is 5.97 Å². The third kappa shape index (κ3) is 5.01. The fourth-order valence-corrected chi connectivity index (χ4v) is 3.22. The van der Waals surface area contributed by atoms with Gasteiger partial charge in [0.25, 0.3) is 0 Å². The number of ether oxygens (including phenoxy) is 1. The lowest BCUT2D eigenvalue weighted by molar-refractivity contribution is -0.140. The van der Waals surface area contributed by atoms with Crippen LogP contribution in [0.5, 0.6) is 0 Å². The predicted octanol–water partition coefficient (Wildman–Crippen LogP) is -0.261. The molecule has 0 saturated heterocycles. The van der Waals surface area contributed by atoms with E-state index in [2.05, 4.69) is 9.46 Å². The zero-order chi connectivity index (χ0) is 12.9. The molecule has 1 saturated carbocycles. The Morgan fingerprint density at radius 3 is 2.65 bits per heavy atom. The molecule has 0 amide bonds. The van der Waals surface area contributed by atoms with E-state index in [4.69, 9.17) is 5.73 Å². The van der Waals surface area contributed by atoms with E-state index in [-0.39, 0.29) is 24.3 Å². The Labute approximate surface area is 102 Å². The Morgan fingerprint density at radius 1 is 1.41 bits per heavy atom. The van der Waals surface area contributed by atoms with Gasteiger partial charge in [0.15, 0.2) is 0 Å². The Kier molecular flexibility index (Phi) is 5.35. The average Bonchev–Trinajstić information content (AvgIpc) is 2.29. The van der Waals surface area contributed by atoms with Crippen LogP contribution >= 0.6 is 0 Å². The van der Waals surface area contributed by atoms with Gasteiger partial charge in [-0.3, -0.25) is 4.79 Å². The molecule has 1 aliphatic carbocycles. The molecule has 1 aliphatic rings. The SMILES string of the molecule is COC(=O)CCS(=O)(=O)N[C@@H]1CCCC[C@H]1N. The Balaban J connectivity index is 2.45. The quantitative estimate of drug-likeness (QED) is 0.667. The summed E-state index contributed by atoms with van der Waals surface area (Å²) in [7, 11) is -2.21. The standard InChI is InChI=1S/C10H20N2O4S/c1-16-10(13)6-7-17(14,15)12-9-5-3-2-4-8(9)11/h8-9,12H,2-7,11H2,1H3/t8-,9-/m1/s1. The number of nitrogens with one attached hydrogen (secondary N) is 1. The summed E-state index contributed by atoms with van der Waals surface area (Å²) in [6.45, 7) is 0. The highest BCUT2D eigenvalue weighted by molar-refractivity contribution is 7.89. The van der Waals surface area contributed by atoms with Gasteiger partial charge in [-0.15, -0.1) is 0 Å². The van der Waals surface area contributed by atoms with Crippen LogP contribution in [0.15, 0.2) is 0 Å². The minimum Gasteiger partial charge on any atom is -0.469 e. The zero-order valence-electron chi connectivity index (χ0n) is 10.0. The maximum absolute atomic E-state index is 11.7. The van der Waals surface area contributed by atoms with Crippen molar-refractivity contribution in [3.63, 3.8) is 0 Å². The van der Waals surface area contributed by atoms with Crippen LogP contribution in [0.2, 0.25) is 0 Å². The normalized spacial score (nSPS) is 25.5. The maximum atomic E-state index is 11.7. The van der Waals surface area contributed by atoms with Crippen LogP contribution in [0.25, 0.3) is 0 Å². The number of hydrogen-bond acceptors (Lipinski definition) is 5. The second-order valence-corrected chi connectivity index (χ2v) is 6.19. The van der Waals surface area contributed by atoms with Crippen LogP contribution in [-0.4, -0.2) is 39.3 Å². The minimum atomic E-state index is -3.45. The minimum absolute atomic E-state index is 0.128. The number of esters is 1.